The zero-order valence-electron chi connectivity index (χ0n) is 17.0. The molecule has 0 saturated carbocycles. The number of halogens is 1. The zero-order chi connectivity index (χ0) is 20.6. The topological polar surface area (TPSA) is 37.0 Å². The fourth-order valence-electron chi connectivity index (χ4n) is 3.22. The van der Waals surface area contributed by atoms with E-state index in [1.165, 1.54) is 5.56 Å². The minimum Gasteiger partial charge on any atom is -0.497 e. The van der Waals surface area contributed by atoms with Crippen molar-refractivity contribution in [1.29, 1.82) is 0 Å². The molecule has 0 aromatic heterocycles. The second-order valence-electron chi connectivity index (χ2n) is 7.14. The van der Waals surface area contributed by atoms with Gasteiger partial charge in [-0.05, 0) is 54.5 Å². The summed E-state index contributed by atoms with van der Waals surface area (Å²) in [6.07, 6.45) is 0. The number of nitrogens with one attached hydrogen (secondary N) is 1. The molecular formula is C22H28ClN3O2S. The lowest BCUT2D eigenvalue weighted by Gasteiger charge is -2.31. The first-order valence-corrected chi connectivity index (χ1v) is 10.6. The third-order valence-electron chi connectivity index (χ3n) is 4.97. The van der Waals surface area contributed by atoms with Crippen LogP contribution in [0.5, 0.6) is 5.75 Å². The fourth-order valence-corrected chi connectivity index (χ4v) is 3.65. The lowest BCUT2D eigenvalue weighted by Crippen LogP contribution is -2.44. The van der Waals surface area contributed by atoms with Crippen molar-refractivity contribution in [2.75, 3.05) is 51.8 Å². The predicted octanol–water partition coefficient (Wildman–Crippen LogP) is 4.19. The highest BCUT2D eigenvalue weighted by Crippen LogP contribution is 2.23. The summed E-state index contributed by atoms with van der Waals surface area (Å²) in [6, 6.07) is 14.0. The van der Waals surface area contributed by atoms with Crippen LogP contribution in [0.4, 0.5) is 5.69 Å². The van der Waals surface area contributed by atoms with Crippen molar-refractivity contribution < 1.29 is 9.47 Å². The SMILES string of the molecule is COc1ccc(CN(CCN2CCOCC2)C(=S)Nc2cc(C)ccc2Cl)cc1. The molecule has 3 rings (SSSR count). The Morgan fingerprint density at radius 1 is 1.21 bits per heavy atom. The van der Waals surface area contributed by atoms with Crippen molar-refractivity contribution in [1.82, 2.24) is 9.80 Å². The molecule has 0 atom stereocenters. The van der Waals surface area contributed by atoms with E-state index in [4.69, 9.17) is 33.3 Å². The predicted molar refractivity (Wildman–Crippen MR) is 123 cm³/mol. The lowest BCUT2D eigenvalue weighted by atomic mass is 10.2. The van der Waals surface area contributed by atoms with Crippen molar-refractivity contribution in [3.63, 3.8) is 0 Å². The smallest absolute Gasteiger partial charge is 0.173 e. The van der Waals surface area contributed by atoms with E-state index in [0.29, 0.717) is 16.7 Å². The number of nitrogens with zero attached hydrogens (tertiary/aromatic N) is 2. The molecule has 0 unspecified atom stereocenters. The Morgan fingerprint density at radius 2 is 1.93 bits per heavy atom. The molecule has 29 heavy (non-hydrogen) atoms. The monoisotopic (exact) mass is 433 g/mol. The third kappa shape index (κ3) is 6.57. The summed E-state index contributed by atoms with van der Waals surface area (Å²) in [4.78, 5) is 4.60. The van der Waals surface area contributed by atoms with Gasteiger partial charge in [-0.3, -0.25) is 4.90 Å². The van der Waals surface area contributed by atoms with Crippen LogP contribution in [0.25, 0.3) is 0 Å². The number of hydrogen-bond donors (Lipinski definition) is 1. The van der Waals surface area contributed by atoms with Gasteiger partial charge in [-0.2, -0.15) is 0 Å². The van der Waals surface area contributed by atoms with Gasteiger partial charge in [0.1, 0.15) is 5.75 Å². The van der Waals surface area contributed by atoms with E-state index in [2.05, 4.69) is 27.2 Å². The van der Waals surface area contributed by atoms with Gasteiger partial charge in [-0.1, -0.05) is 29.8 Å². The van der Waals surface area contributed by atoms with Crippen molar-refractivity contribution in [3.8, 4) is 5.75 Å². The molecule has 0 bridgehead atoms. The summed E-state index contributed by atoms with van der Waals surface area (Å²) >= 11 is 12.1. The molecule has 1 heterocycles. The summed E-state index contributed by atoms with van der Waals surface area (Å²) < 4.78 is 10.7. The third-order valence-corrected chi connectivity index (χ3v) is 5.66. The Labute approximate surface area is 183 Å². The highest BCUT2D eigenvalue weighted by Gasteiger charge is 2.16. The number of anilines is 1. The van der Waals surface area contributed by atoms with Gasteiger partial charge in [0.25, 0.3) is 0 Å². The zero-order valence-corrected chi connectivity index (χ0v) is 18.6. The van der Waals surface area contributed by atoms with Gasteiger partial charge in [-0.15, -0.1) is 0 Å². The first-order chi connectivity index (χ1) is 14.0. The molecule has 2 aromatic rings. The molecule has 1 fully saturated rings. The molecule has 1 aliphatic rings. The Bertz CT molecular complexity index is 810. The van der Waals surface area contributed by atoms with Crippen molar-refractivity contribution in [2.24, 2.45) is 0 Å². The Balaban J connectivity index is 1.70. The van der Waals surface area contributed by atoms with E-state index in [-0.39, 0.29) is 0 Å². The van der Waals surface area contributed by atoms with Crippen LogP contribution in [-0.4, -0.2) is 61.4 Å². The molecule has 7 heteroatoms. The summed E-state index contributed by atoms with van der Waals surface area (Å²) in [5.41, 5.74) is 3.14. The fraction of sp³-hybridized carbons (Fsp3) is 0.409. The molecule has 0 spiro atoms. The minimum atomic E-state index is 0.663. The van der Waals surface area contributed by atoms with Gasteiger partial charge in [0.05, 0.1) is 31.0 Å². The number of aryl methyl sites for hydroxylation is 1. The quantitative estimate of drug-likeness (QED) is 0.660. The van der Waals surface area contributed by atoms with Crippen molar-refractivity contribution in [3.05, 3.63) is 58.6 Å². The number of methoxy groups -OCH3 is 1. The normalized spacial score (nSPS) is 14.4. The molecule has 5 nitrogen and oxygen atoms in total. The number of benzene rings is 2. The number of ether oxygens (including phenoxy) is 2. The van der Waals surface area contributed by atoms with E-state index >= 15 is 0 Å². The number of morpholine rings is 1. The first-order valence-electron chi connectivity index (χ1n) is 9.80. The standard InChI is InChI=1S/C22H28ClN3O2S/c1-17-3-8-20(23)21(15-17)24-22(29)26(10-9-25-11-13-28-14-12-25)16-18-4-6-19(27-2)7-5-18/h3-8,15H,9-14,16H2,1-2H3,(H,24,29). The van der Waals surface area contributed by atoms with E-state index in [9.17, 15) is 0 Å². The number of thiocarbonyl (C=S) groups is 1. The van der Waals surface area contributed by atoms with Gasteiger partial charge >= 0.3 is 0 Å². The maximum atomic E-state index is 6.36. The maximum absolute atomic E-state index is 6.36. The van der Waals surface area contributed by atoms with Crippen LogP contribution in [0.3, 0.4) is 0 Å². The minimum absolute atomic E-state index is 0.663. The van der Waals surface area contributed by atoms with Crippen LogP contribution < -0.4 is 10.1 Å². The van der Waals surface area contributed by atoms with Crippen molar-refractivity contribution >= 4 is 34.6 Å². The molecule has 1 saturated heterocycles. The average Bonchev–Trinajstić information content (AvgIpc) is 2.74. The highest BCUT2D eigenvalue weighted by atomic mass is 35.5. The largest absolute Gasteiger partial charge is 0.497 e. The lowest BCUT2D eigenvalue weighted by molar-refractivity contribution is 0.0358. The van der Waals surface area contributed by atoms with Crippen LogP contribution in [0.15, 0.2) is 42.5 Å². The van der Waals surface area contributed by atoms with E-state index in [1.54, 1.807) is 7.11 Å². The van der Waals surface area contributed by atoms with Gasteiger partial charge < -0.3 is 19.7 Å². The van der Waals surface area contributed by atoms with Gasteiger partial charge in [-0.25, -0.2) is 0 Å². The van der Waals surface area contributed by atoms with Crippen LogP contribution >= 0.6 is 23.8 Å². The number of hydrogen-bond acceptors (Lipinski definition) is 4. The molecular weight excluding hydrogens is 406 g/mol. The molecule has 0 aliphatic carbocycles. The summed E-state index contributed by atoms with van der Waals surface area (Å²) in [5, 5.41) is 4.67. The second-order valence-corrected chi connectivity index (χ2v) is 7.93. The van der Waals surface area contributed by atoms with Crippen molar-refractivity contribution in [2.45, 2.75) is 13.5 Å². The Kier molecular flexibility index (Phi) is 8.12. The Morgan fingerprint density at radius 3 is 2.62 bits per heavy atom. The van der Waals surface area contributed by atoms with E-state index in [0.717, 1.165) is 56.4 Å². The molecule has 0 radical (unpaired) electrons. The van der Waals surface area contributed by atoms with E-state index < -0.39 is 0 Å². The summed E-state index contributed by atoms with van der Waals surface area (Å²) in [5.74, 6) is 0.848. The summed E-state index contributed by atoms with van der Waals surface area (Å²) in [6.45, 7) is 8.01. The van der Waals surface area contributed by atoms with Gasteiger partial charge in [0.2, 0.25) is 0 Å². The van der Waals surface area contributed by atoms with Crippen LogP contribution in [0, 0.1) is 6.92 Å². The maximum Gasteiger partial charge on any atom is 0.173 e. The first kappa shape index (κ1) is 21.8. The summed E-state index contributed by atoms with van der Waals surface area (Å²) in [7, 11) is 1.67. The van der Waals surface area contributed by atoms with Crippen LogP contribution in [0.2, 0.25) is 5.02 Å². The molecule has 156 valence electrons. The number of rotatable bonds is 7. The second kappa shape index (κ2) is 10.8. The van der Waals surface area contributed by atoms with Gasteiger partial charge in [0.15, 0.2) is 5.11 Å². The van der Waals surface area contributed by atoms with Crippen LogP contribution in [0.1, 0.15) is 11.1 Å². The molecule has 1 N–H and O–H groups in total. The highest BCUT2D eigenvalue weighted by molar-refractivity contribution is 7.80. The Hall–Kier alpha value is -1.86. The van der Waals surface area contributed by atoms with E-state index in [1.807, 2.05) is 37.3 Å². The molecule has 1 aliphatic heterocycles. The van der Waals surface area contributed by atoms with Crippen LogP contribution in [-0.2, 0) is 11.3 Å². The average molecular weight is 434 g/mol. The van der Waals surface area contributed by atoms with Gasteiger partial charge in [0, 0.05) is 32.7 Å². The molecule has 0 amide bonds. The molecule has 2 aromatic carbocycles.